The fourth-order valence-electron chi connectivity index (χ4n) is 4.13. The summed E-state index contributed by atoms with van der Waals surface area (Å²) < 4.78 is 18.3. The third-order valence-electron chi connectivity index (χ3n) is 6.86. The van der Waals surface area contributed by atoms with E-state index in [9.17, 15) is 43.4 Å². The molecule has 13 nitrogen and oxygen atoms in total. The minimum absolute atomic E-state index is 0.00230. The number of ether oxygens (including phenoxy) is 1. The number of carboxylic acids is 1. The molecule has 5 atom stereocenters. The van der Waals surface area contributed by atoms with Gasteiger partial charge in [-0.1, -0.05) is 56.3 Å². The molecular weight excluding hydrogens is 591 g/mol. The summed E-state index contributed by atoms with van der Waals surface area (Å²) in [6.07, 6.45) is -0.912. The van der Waals surface area contributed by atoms with Crippen LogP contribution in [0.4, 0.5) is 9.18 Å². The van der Waals surface area contributed by atoms with Crippen molar-refractivity contribution in [1.82, 2.24) is 21.3 Å². The molecule has 0 spiro atoms. The molecule has 14 heteroatoms. The third kappa shape index (κ3) is 11.5. The van der Waals surface area contributed by atoms with Crippen molar-refractivity contribution in [3.63, 3.8) is 0 Å². The number of hydrogen-bond acceptors (Lipinski definition) is 8. The number of benzene rings is 2. The van der Waals surface area contributed by atoms with Crippen LogP contribution >= 0.6 is 0 Å². The SMILES string of the molecule is CC(C)[C@H](NC(=O)C(Cc1ccc(O)cc1)NC(=O)OCc1ccccc1)C(=O)N[C@@H](C)C(=O)N[C@H](C(=O)CF)C(C)C(=O)O. The average Bonchev–Trinajstić information content (AvgIpc) is 3.01. The smallest absolute Gasteiger partial charge is 0.408 e. The summed E-state index contributed by atoms with van der Waals surface area (Å²) in [6, 6.07) is 9.46. The minimum Gasteiger partial charge on any atom is -0.508 e. The van der Waals surface area contributed by atoms with Crippen molar-refractivity contribution >= 4 is 35.6 Å². The van der Waals surface area contributed by atoms with Crippen LogP contribution in [-0.2, 0) is 41.7 Å². The van der Waals surface area contributed by atoms with Gasteiger partial charge in [-0.05, 0) is 43.0 Å². The van der Waals surface area contributed by atoms with Gasteiger partial charge in [-0.3, -0.25) is 24.0 Å². The molecule has 0 saturated heterocycles. The molecule has 0 aliphatic heterocycles. The Morgan fingerprint density at radius 3 is 1.91 bits per heavy atom. The Morgan fingerprint density at radius 1 is 0.756 bits per heavy atom. The Balaban J connectivity index is 2.15. The largest absolute Gasteiger partial charge is 0.508 e. The van der Waals surface area contributed by atoms with Gasteiger partial charge in [0.05, 0.1) is 5.92 Å². The van der Waals surface area contributed by atoms with Gasteiger partial charge in [-0.25, -0.2) is 9.18 Å². The first kappa shape index (κ1) is 36.2. The lowest BCUT2D eigenvalue weighted by molar-refractivity contribution is -0.145. The number of aromatic hydroxyl groups is 1. The van der Waals surface area contributed by atoms with E-state index in [0.717, 1.165) is 12.5 Å². The summed E-state index contributed by atoms with van der Waals surface area (Å²) in [4.78, 5) is 75.2. The summed E-state index contributed by atoms with van der Waals surface area (Å²) in [5.41, 5.74) is 1.31. The molecule has 0 aromatic heterocycles. The van der Waals surface area contributed by atoms with E-state index in [0.29, 0.717) is 5.56 Å². The number of halogens is 1. The number of carbonyl (C=O) groups is 6. The molecule has 45 heavy (non-hydrogen) atoms. The Kier molecular flexibility index (Phi) is 13.9. The highest BCUT2D eigenvalue weighted by Crippen LogP contribution is 2.13. The van der Waals surface area contributed by atoms with Crippen molar-refractivity contribution in [3.8, 4) is 5.75 Å². The molecular formula is C31H39FN4O9. The van der Waals surface area contributed by atoms with E-state index < -0.39 is 78.2 Å². The number of aliphatic carboxylic acids is 1. The van der Waals surface area contributed by atoms with Gasteiger partial charge >= 0.3 is 12.1 Å². The van der Waals surface area contributed by atoms with Gasteiger partial charge in [-0.2, -0.15) is 0 Å². The first-order valence-corrected chi connectivity index (χ1v) is 14.2. The van der Waals surface area contributed by atoms with Crippen molar-refractivity contribution < 1.29 is 48.1 Å². The number of amides is 4. The van der Waals surface area contributed by atoms with Crippen LogP contribution in [0.5, 0.6) is 5.75 Å². The van der Waals surface area contributed by atoms with Gasteiger partial charge in [0.15, 0.2) is 5.78 Å². The van der Waals surface area contributed by atoms with E-state index in [1.54, 1.807) is 56.3 Å². The molecule has 2 aromatic rings. The molecule has 0 heterocycles. The van der Waals surface area contributed by atoms with Gasteiger partial charge in [0.1, 0.15) is 43.2 Å². The van der Waals surface area contributed by atoms with Crippen molar-refractivity contribution in [2.24, 2.45) is 11.8 Å². The molecule has 244 valence electrons. The molecule has 2 rings (SSSR count). The summed E-state index contributed by atoms with van der Waals surface area (Å²) in [5, 5.41) is 28.5. The molecule has 2 aromatic carbocycles. The number of nitrogens with one attached hydrogen (secondary N) is 4. The average molecular weight is 631 g/mol. The van der Waals surface area contributed by atoms with Gasteiger partial charge in [0.25, 0.3) is 0 Å². The summed E-state index contributed by atoms with van der Waals surface area (Å²) in [6.45, 7) is 4.12. The van der Waals surface area contributed by atoms with Crippen LogP contribution in [0.1, 0.15) is 38.8 Å². The highest BCUT2D eigenvalue weighted by atomic mass is 19.1. The quantitative estimate of drug-likeness (QED) is 0.159. The fourth-order valence-corrected chi connectivity index (χ4v) is 4.13. The topological polar surface area (TPSA) is 200 Å². The molecule has 4 amide bonds. The van der Waals surface area contributed by atoms with E-state index in [2.05, 4.69) is 21.3 Å². The molecule has 0 radical (unpaired) electrons. The van der Waals surface area contributed by atoms with E-state index in [-0.39, 0.29) is 18.8 Å². The van der Waals surface area contributed by atoms with Gasteiger partial charge in [0, 0.05) is 6.42 Å². The van der Waals surface area contributed by atoms with Crippen molar-refractivity contribution in [2.45, 2.75) is 64.9 Å². The Hall–Kier alpha value is -5.01. The predicted molar refractivity (Wildman–Crippen MR) is 159 cm³/mol. The number of Topliss-reactive ketones (excluding diaryl/α,β-unsaturated/α-hetero) is 1. The fraction of sp³-hybridized carbons (Fsp3) is 0.419. The number of rotatable bonds is 16. The zero-order valence-corrected chi connectivity index (χ0v) is 25.4. The predicted octanol–water partition coefficient (Wildman–Crippen LogP) is 1.62. The monoisotopic (exact) mass is 630 g/mol. The Bertz CT molecular complexity index is 1340. The second-order valence-corrected chi connectivity index (χ2v) is 10.8. The maximum atomic E-state index is 13.4. The first-order valence-electron chi connectivity index (χ1n) is 14.2. The van der Waals surface area contributed by atoms with Gasteiger partial charge in [-0.15, -0.1) is 0 Å². The second-order valence-electron chi connectivity index (χ2n) is 10.8. The molecule has 0 aliphatic rings. The number of alkyl halides is 1. The maximum absolute atomic E-state index is 13.4. The van der Waals surface area contributed by atoms with E-state index >= 15 is 0 Å². The normalized spacial score (nSPS) is 14.2. The standard InChI is InChI=1S/C31H39FN4O9/c1-17(2)25(29(41)33-19(4)27(39)36-26(24(38)15-32)18(3)30(42)43)35-28(40)23(14-20-10-12-22(37)13-11-20)34-31(44)45-16-21-8-6-5-7-9-21/h5-13,17-19,23,25-26,37H,14-16H2,1-4H3,(H,33,41)(H,34,44)(H,35,40)(H,36,39)(H,42,43)/t18?,19-,23?,25-,26-/m0/s1. The zero-order chi connectivity index (χ0) is 33.7. The Morgan fingerprint density at radius 2 is 1.36 bits per heavy atom. The Labute approximate surface area is 259 Å². The maximum Gasteiger partial charge on any atom is 0.408 e. The first-order chi connectivity index (χ1) is 21.2. The summed E-state index contributed by atoms with van der Waals surface area (Å²) >= 11 is 0. The molecule has 0 aliphatic carbocycles. The number of alkyl carbamates (subject to hydrolysis) is 1. The number of carboxylic acid groups (broad SMARTS) is 1. The summed E-state index contributed by atoms with van der Waals surface area (Å²) in [5.74, 6) is -6.96. The molecule has 2 unspecified atom stereocenters. The lowest BCUT2D eigenvalue weighted by Crippen LogP contribution is -2.59. The summed E-state index contributed by atoms with van der Waals surface area (Å²) in [7, 11) is 0. The molecule has 0 bridgehead atoms. The lowest BCUT2D eigenvalue weighted by atomic mass is 9.98. The number of hydrogen-bond donors (Lipinski definition) is 6. The number of phenols is 1. The molecule has 0 fully saturated rings. The molecule has 6 N–H and O–H groups in total. The third-order valence-corrected chi connectivity index (χ3v) is 6.86. The highest BCUT2D eigenvalue weighted by molar-refractivity contribution is 5.97. The van der Waals surface area contributed by atoms with Gasteiger partial charge < -0.3 is 36.2 Å². The van der Waals surface area contributed by atoms with E-state index in [1.165, 1.54) is 19.1 Å². The van der Waals surface area contributed by atoms with Crippen LogP contribution in [0.25, 0.3) is 0 Å². The number of ketones is 1. The zero-order valence-electron chi connectivity index (χ0n) is 25.4. The van der Waals surface area contributed by atoms with Crippen LogP contribution in [0, 0.1) is 11.8 Å². The second kappa shape index (κ2) is 17.3. The van der Waals surface area contributed by atoms with E-state index in [1.807, 2.05) is 0 Å². The van der Waals surface area contributed by atoms with Crippen LogP contribution in [0.15, 0.2) is 54.6 Å². The highest BCUT2D eigenvalue weighted by Gasteiger charge is 2.34. The van der Waals surface area contributed by atoms with E-state index in [4.69, 9.17) is 4.74 Å². The minimum atomic E-state index is -1.66. The van der Waals surface area contributed by atoms with Crippen molar-refractivity contribution in [2.75, 3.05) is 6.67 Å². The van der Waals surface area contributed by atoms with Crippen LogP contribution < -0.4 is 21.3 Å². The van der Waals surface area contributed by atoms with Crippen molar-refractivity contribution in [1.29, 1.82) is 0 Å². The number of phenolic OH excluding ortho intramolecular Hbond substituents is 1. The van der Waals surface area contributed by atoms with Crippen LogP contribution in [0.3, 0.4) is 0 Å². The van der Waals surface area contributed by atoms with Crippen LogP contribution in [0.2, 0.25) is 0 Å². The molecule has 0 saturated carbocycles. The van der Waals surface area contributed by atoms with Crippen molar-refractivity contribution in [3.05, 3.63) is 65.7 Å². The van der Waals surface area contributed by atoms with Gasteiger partial charge in [0.2, 0.25) is 17.7 Å². The van der Waals surface area contributed by atoms with Crippen LogP contribution in [-0.4, -0.2) is 76.6 Å². The lowest BCUT2D eigenvalue weighted by Gasteiger charge is -2.27. The number of carbonyl (C=O) groups excluding carboxylic acids is 5.